The van der Waals surface area contributed by atoms with Crippen LogP contribution in [0.1, 0.15) is 1.43 Å². The zero-order valence-corrected chi connectivity index (χ0v) is 6.15. The Kier molecular flexibility index (Phi) is 1.43. The molecule has 12 heavy (non-hydrogen) atoms. The van der Waals surface area contributed by atoms with Crippen LogP contribution in [0.2, 0.25) is 0 Å². The number of hydrazine groups is 1. The topological polar surface area (TPSA) is 70.6 Å². The largest absolute Gasteiger partial charge is 0.279 e. The van der Waals surface area contributed by atoms with E-state index >= 15 is 0 Å². The molecule has 1 saturated heterocycles. The van der Waals surface area contributed by atoms with E-state index in [9.17, 15) is 9.59 Å². The summed E-state index contributed by atoms with van der Waals surface area (Å²) in [5, 5.41) is 0. The number of fused-ring (bicyclic) bond motifs is 1. The van der Waals surface area contributed by atoms with Crippen molar-refractivity contribution in [2.45, 2.75) is 6.04 Å². The van der Waals surface area contributed by atoms with E-state index < -0.39 is 12.0 Å². The quantitative estimate of drug-likeness (QED) is 0.486. The van der Waals surface area contributed by atoms with E-state index in [1.807, 2.05) is 0 Å². The van der Waals surface area contributed by atoms with Gasteiger partial charge in [0.15, 0.2) is 0 Å². The molecule has 0 saturated carbocycles. The summed E-state index contributed by atoms with van der Waals surface area (Å²) >= 11 is 0. The van der Waals surface area contributed by atoms with Crippen molar-refractivity contribution < 1.29 is 11.0 Å². The number of hydrogen-bond acceptors (Lipinski definition) is 3. The Bertz CT molecular complexity index is 270. The minimum absolute atomic E-state index is 0. The fourth-order valence-corrected chi connectivity index (χ4v) is 1.25. The molecule has 2 aliphatic heterocycles. The molecule has 0 bridgehead atoms. The first-order chi connectivity index (χ1) is 5.79. The van der Waals surface area contributed by atoms with Crippen LogP contribution >= 0.6 is 0 Å². The Hall–Kier alpha value is -1.65. The van der Waals surface area contributed by atoms with Gasteiger partial charge in [-0.2, -0.15) is 0 Å². The van der Waals surface area contributed by atoms with Gasteiger partial charge in [0.1, 0.15) is 6.04 Å². The van der Waals surface area contributed by atoms with Gasteiger partial charge in [0.2, 0.25) is 5.91 Å². The molecular weight excluding hydrogens is 158 g/mol. The maximum absolute atomic E-state index is 11.1. The maximum atomic E-state index is 11.1. The molecule has 64 valence electrons. The highest BCUT2D eigenvalue weighted by Gasteiger charge is 2.36. The Balaban J connectivity index is 0.000000845. The molecule has 0 radical (unpaired) electrons. The molecule has 0 aromatic rings. The smallest absolute Gasteiger partial charge is 0.264 e. The zero-order chi connectivity index (χ0) is 8.55. The van der Waals surface area contributed by atoms with Crippen molar-refractivity contribution in [1.29, 1.82) is 0 Å². The SMILES string of the molecule is O=C1NNC(=O)C2N=CC=CC12.[HH]. The van der Waals surface area contributed by atoms with Gasteiger partial charge in [-0.3, -0.25) is 25.4 Å². The molecule has 2 rings (SSSR count). The third-order valence-electron chi connectivity index (χ3n) is 1.87. The van der Waals surface area contributed by atoms with Crippen molar-refractivity contribution in [2.75, 3.05) is 0 Å². The Labute approximate surface area is 70.0 Å². The number of aliphatic imine (C=N–C) groups is 1. The van der Waals surface area contributed by atoms with Gasteiger partial charge in [-0.1, -0.05) is 6.08 Å². The molecule has 1 fully saturated rings. The molecule has 2 heterocycles. The van der Waals surface area contributed by atoms with Gasteiger partial charge in [0, 0.05) is 7.64 Å². The second-order valence-corrected chi connectivity index (χ2v) is 2.63. The van der Waals surface area contributed by atoms with Gasteiger partial charge in [-0.25, -0.2) is 0 Å². The summed E-state index contributed by atoms with van der Waals surface area (Å²) in [6, 6.07) is -0.580. The number of carbonyl (C=O) groups excluding carboxylic acids is 2. The molecule has 2 unspecified atom stereocenters. The zero-order valence-electron chi connectivity index (χ0n) is 6.15. The van der Waals surface area contributed by atoms with Gasteiger partial charge >= 0.3 is 0 Å². The summed E-state index contributed by atoms with van der Waals surface area (Å²) in [4.78, 5) is 26.1. The third kappa shape index (κ3) is 0.903. The standard InChI is InChI=1S/C7H7N3O2.H2/c11-6-4-2-1-3-8-5(4)7(12)10-9-6;/h1-5H,(H,9,11)(H,10,12);1H. The number of hydrogen-bond donors (Lipinski definition) is 2. The molecule has 2 aliphatic rings. The van der Waals surface area contributed by atoms with Crippen LogP contribution in [0.5, 0.6) is 0 Å². The van der Waals surface area contributed by atoms with Gasteiger partial charge in [-0.15, -0.1) is 0 Å². The molecule has 0 aromatic carbocycles. The Morgan fingerprint density at radius 2 is 2.08 bits per heavy atom. The van der Waals surface area contributed by atoms with Crippen LogP contribution in [0.4, 0.5) is 0 Å². The van der Waals surface area contributed by atoms with E-state index in [1.54, 1.807) is 12.2 Å². The Morgan fingerprint density at radius 1 is 1.33 bits per heavy atom. The van der Waals surface area contributed by atoms with Crippen molar-refractivity contribution in [3.63, 3.8) is 0 Å². The first-order valence-electron chi connectivity index (χ1n) is 3.59. The predicted octanol–water partition coefficient (Wildman–Crippen LogP) is -0.981. The van der Waals surface area contributed by atoms with Crippen molar-refractivity contribution in [3.8, 4) is 0 Å². The molecule has 2 amide bonds. The van der Waals surface area contributed by atoms with Crippen molar-refractivity contribution in [2.24, 2.45) is 10.9 Å². The number of allylic oxidation sites excluding steroid dienone is 1. The molecule has 5 nitrogen and oxygen atoms in total. The second kappa shape index (κ2) is 2.44. The molecule has 0 aromatic heterocycles. The lowest BCUT2D eigenvalue weighted by molar-refractivity contribution is -0.138. The summed E-state index contributed by atoms with van der Waals surface area (Å²) < 4.78 is 0. The van der Waals surface area contributed by atoms with Crippen LogP contribution in [-0.2, 0) is 9.59 Å². The second-order valence-electron chi connectivity index (χ2n) is 2.63. The van der Waals surface area contributed by atoms with E-state index in [2.05, 4.69) is 15.8 Å². The van der Waals surface area contributed by atoms with E-state index in [4.69, 9.17) is 0 Å². The monoisotopic (exact) mass is 167 g/mol. The molecule has 5 heteroatoms. The molecule has 0 aliphatic carbocycles. The number of nitrogens with one attached hydrogen (secondary N) is 2. The lowest BCUT2D eigenvalue weighted by atomic mass is 9.95. The van der Waals surface area contributed by atoms with Gasteiger partial charge in [-0.05, 0) is 6.08 Å². The van der Waals surface area contributed by atoms with Gasteiger partial charge < -0.3 is 0 Å². The number of dihydropyridines is 1. The van der Waals surface area contributed by atoms with Crippen LogP contribution in [0.3, 0.4) is 0 Å². The number of nitrogens with zero attached hydrogens (tertiary/aromatic N) is 1. The Morgan fingerprint density at radius 3 is 2.83 bits per heavy atom. The first-order valence-corrected chi connectivity index (χ1v) is 3.59. The normalized spacial score (nSPS) is 32.3. The lowest BCUT2D eigenvalue weighted by Crippen LogP contribution is -2.58. The maximum Gasteiger partial charge on any atom is 0.264 e. The first kappa shape index (κ1) is 7.02. The summed E-state index contributed by atoms with van der Waals surface area (Å²) in [6.45, 7) is 0. The number of carbonyl (C=O) groups is 2. The van der Waals surface area contributed by atoms with E-state index in [1.165, 1.54) is 6.21 Å². The van der Waals surface area contributed by atoms with Crippen LogP contribution in [-0.4, -0.2) is 24.1 Å². The van der Waals surface area contributed by atoms with E-state index in [-0.39, 0.29) is 13.2 Å². The van der Waals surface area contributed by atoms with Crippen molar-refractivity contribution >= 4 is 18.0 Å². The summed E-state index contributed by atoms with van der Waals surface area (Å²) in [5.41, 5.74) is 4.51. The highest BCUT2D eigenvalue weighted by molar-refractivity contribution is 5.98. The average molecular weight is 167 g/mol. The molecular formula is C7H9N3O2. The minimum Gasteiger partial charge on any atom is -0.279 e. The van der Waals surface area contributed by atoms with E-state index in [0.29, 0.717) is 0 Å². The van der Waals surface area contributed by atoms with Gasteiger partial charge in [0.05, 0.1) is 5.92 Å². The van der Waals surface area contributed by atoms with Crippen LogP contribution < -0.4 is 10.9 Å². The highest BCUT2D eigenvalue weighted by Crippen LogP contribution is 2.15. The van der Waals surface area contributed by atoms with Crippen LogP contribution in [0.25, 0.3) is 0 Å². The van der Waals surface area contributed by atoms with Crippen LogP contribution in [0.15, 0.2) is 17.1 Å². The fraction of sp³-hybridized carbons (Fsp3) is 0.286. The lowest BCUT2D eigenvalue weighted by Gasteiger charge is -2.26. The fourth-order valence-electron chi connectivity index (χ4n) is 1.25. The third-order valence-corrected chi connectivity index (χ3v) is 1.87. The predicted molar refractivity (Wildman–Crippen MR) is 43.3 cm³/mol. The summed E-state index contributed by atoms with van der Waals surface area (Å²) in [7, 11) is 0. The summed E-state index contributed by atoms with van der Waals surface area (Å²) in [5.74, 6) is -0.920. The van der Waals surface area contributed by atoms with Crippen molar-refractivity contribution in [1.82, 2.24) is 10.9 Å². The number of rotatable bonds is 0. The molecule has 2 atom stereocenters. The van der Waals surface area contributed by atoms with Crippen molar-refractivity contribution in [3.05, 3.63) is 12.2 Å². The molecule has 0 spiro atoms. The highest BCUT2D eigenvalue weighted by atomic mass is 16.2. The van der Waals surface area contributed by atoms with Crippen LogP contribution in [0, 0.1) is 5.92 Å². The van der Waals surface area contributed by atoms with E-state index in [0.717, 1.165) is 0 Å². The van der Waals surface area contributed by atoms with Gasteiger partial charge in [0.25, 0.3) is 5.91 Å². The minimum atomic E-state index is -0.580. The average Bonchev–Trinajstić information content (AvgIpc) is 2.12. The number of amides is 2. The summed E-state index contributed by atoms with van der Waals surface area (Å²) in [6.07, 6.45) is 4.87. The molecule has 2 N–H and O–H groups in total.